The summed E-state index contributed by atoms with van der Waals surface area (Å²) in [4.78, 5) is 42.4. The Balaban J connectivity index is 1.77. The SMILES string of the molecule is CCCN(CCC)C(=O)c1cc(/C(=C/Nc2ccc(C(=O)O)c(O)c2)N=N)nc(-c2cn(-c3ccc(C(=O)O)c(O)c3)nn2)c1. The lowest BCUT2D eigenvalue weighted by Crippen LogP contribution is -2.32. The molecule has 4 rings (SSSR count). The van der Waals surface area contributed by atoms with Gasteiger partial charge in [-0.05, 0) is 49.2 Å². The number of amides is 1. The van der Waals surface area contributed by atoms with Crippen LogP contribution in [0.2, 0.25) is 0 Å². The third-order valence-electron chi connectivity index (χ3n) is 6.57. The van der Waals surface area contributed by atoms with Crippen molar-refractivity contribution in [2.75, 3.05) is 18.4 Å². The molecular weight excluding hydrogens is 584 g/mol. The Labute approximate surface area is 256 Å². The summed E-state index contributed by atoms with van der Waals surface area (Å²) in [6, 6.07) is 10.8. The van der Waals surface area contributed by atoms with E-state index in [4.69, 9.17) is 10.6 Å². The molecule has 0 fully saturated rings. The largest absolute Gasteiger partial charge is 0.507 e. The Bertz CT molecular complexity index is 1790. The number of anilines is 1. The first-order chi connectivity index (χ1) is 21.6. The second-order valence-electron chi connectivity index (χ2n) is 9.80. The molecule has 2 heterocycles. The van der Waals surface area contributed by atoms with Crippen molar-refractivity contribution in [2.24, 2.45) is 5.11 Å². The van der Waals surface area contributed by atoms with Gasteiger partial charge in [0.05, 0.1) is 23.3 Å². The molecule has 0 saturated carbocycles. The number of carboxylic acids is 2. The number of nitrogens with one attached hydrogen (secondary N) is 2. The van der Waals surface area contributed by atoms with Crippen molar-refractivity contribution in [1.82, 2.24) is 24.9 Å². The summed E-state index contributed by atoms with van der Waals surface area (Å²) in [7, 11) is 0. The highest BCUT2D eigenvalue weighted by Gasteiger charge is 2.20. The zero-order valence-corrected chi connectivity index (χ0v) is 24.3. The lowest BCUT2D eigenvalue weighted by Gasteiger charge is -2.22. The Morgan fingerprint density at radius 3 is 2.16 bits per heavy atom. The van der Waals surface area contributed by atoms with E-state index in [2.05, 4.69) is 25.7 Å². The zero-order valence-electron chi connectivity index (χ0n) is 24.3. The Morgan fingerprint density at radius 2 is 1.58 bits per heavy atom. The normalized spacial score (nSPS) is 11.2. The molecule has 1 amide bonds. The van der Waals surface area contributed by atoms with Gasteiger partial charge >= 0.3 is 11.9 Å². The summed E-state index contributed by atoms with van der Waals surface area (Å²) in [5, 5.41) is 53.1. The van der Waals surface area contributed by atoms with Gasteiger partial charge in [-0.25, -0.2) is 24.8 Å². The minimum Gasteiger partial charge on any atom is -0.507 e. The standard InChI is InChI=1S/C30H30N8O7/c1-3-9-37(10-4-2)28(41)17-11-22(24(34-31)15-32-18-5-7-20(29(42)43)26(39)13-18)33-23(12-17)25-16-38(36-35-25)19-6-8-21(30(44)45)27(40)14-19/h5-8,11-16,31-32,39-40H,3-4,9-10H2,1-2H3,(H,42,43)(H,44,45)/b24-15-,34-31?. The van der Waals surface area contributed by atoms with Crippen molar-refractivity contribution in [3.8, 4) is 28.6 Å². The van der Waals surface area contributed by atoms with Gasteiger partial charge in [-0.1, -0.05) is 19.1 Å². The van der Waals surface area contributed by atoms with Crippen LogP contribution in [0, 0.1) is 5.53 Å². The summed E-state index contributed by atoms with van der Waals surface area (Å²) in [6.07, 6.45) is 4.28. The maximum absolute atomic E-state index is 13.6. The highest BCUT2D eigenvalue weighted by Crippen LogP contribution is 2.27. The molecule has 0 aliphatic rings. The Hall–Kier alpha value is -6.12. The van der Waals surface area contributed by atoms with Crippen molar-refractivity contribution in [1.29, 1.82) is 5.53 Å². The van der Waals surface area contributed by atoms with Crippen LogP contribution in [-0.2, 0) is 0 Å². The maximum Gasteiger partial charge on any atom is 0.339 e. The lowest BCUT2D eigenvalue weighted by atomic mass is 10.1. The van der Waals surface area contributed by atoms with E-state index < -0.39 is 23.4 Å². The molecule has 15 heteroatoms. The average Bonchev–Trinajstić information content (AvgIpc) is 3.51. The minimum absolute atomic E-state index is 0.00630. The van der Waals surface area contributed by atoms with E-state index >= 15 is 0 Å². The first kappa shape index (κ1) is 31.8. The molecule has 0 aliphatic heterocycles. The van der Waals surface area contributed by atoms with Crippen LogP contribution in [0.15, 0.2) is 66.0 Å². The van der Waals surface area contributed by atoms with Crippen LogP contribution >= 0.6 is 0 Å². The van der Waals surface area contributed by atoms with Gasteiger partial charge in [0, 0.05) is 42.7 Å². The van der Waals surface area contributed by atoms with Crippen LogP contribution in [-0.4, -0.2) is 76.2 Å². The highest BCUT2D eigenvalue weighted by atomic mass is 16.4. The summed E-state index contributed by atoms with van der Waals surface area (Å²) < 4.78 is 1.30. The van der Waals surface area contributed by atoms with Gasteiger partial charge in [-0.15, -0.1) is 5.10 Å². The van der Waals surface area contributed by atoms with Crippen LogP contribution in [0.25, 0.3) is 22.8 Å². The minimum atomic E-state index is -1.29. The van der Waals surface area contributed by atoms with Gasteiger partial charge < -0.3 is 30.6 Å². The fourth-order valence-corrected chi connectivity index (χ4v) is 4.42. The van der Waals surface area contributed by atoms with E-state index in [1.54, 1.807) is 11.0 Å². The number of benzene rings is 2. The molecule has 6 N–H and O–H groups in total. The maximum atomic E-state index is 13.6. The molecule has 0 bridgehead atoms. The molecule has 2 aromatic heterocycles. The number of carbonyl (C=O) groups excluding carboxylic acids is 1. The van der Waals surface area contributed by atoms with Crippen molar-refractivity contribution in [3.63, 3.8) is 0 Å². The van der Waals surface area contributed by atoms with E-state index in [9.17, 15) is 29.7 Å². The fourth-order valence-electron chi connectivity index (χ4n) is 4.42. The first-order valence-electron chi connectivity index (χ1n) is 13.8. The summed E-state index contributed by atoms with van der Waals surface area (Å²) in [5.74, 6) is -3.76. The van der Waals surface area contributed by atoms with Crippen LogP contribution in [0.1, 0.15) is 63.5 Å². The van der Waals surface area contributed by atoms with E-state index in [0.29, 0.717) is 24.5 Å². The van der Waals surface area contributed by atoms with Crippen molar-refractivity contribution in [2.45, 2.75) is 26.7 Å². The molecular formula is C30H30N8O7. The van der Waals surface area contributed by atoms with E-state index in [1.807, 2.05) is 13.8 Å². The molecule has 45 heavy (non-hydrogen) atoms. The molecule has 0 atom stereocenters. The number of pyridine rings is 1. The first-order valence-corrected chi connectivity index (χ1v) is 13.8. The quantitative estimate of drug-likeness (QED) is 0.112. The highest BCUT2D eigenvalue weighted by molar-refractivity contribution is 5.96. The lowest BCUT2D eigenvalue weighted by molar-refractivity contribution is 0.0682. The number of rotatable bonds is 13. The van der Waals surface area contributed by atoms with E-state index in [0.717, 1.165) is 12.8 Å². The predicted octanol–water partition coefficient (Wildman–Crippen LogP) is 4.84. The second-order valence-corrected chi connectivity index (χ2v) is 9.80. The van der Waals surface area contributed by atoms with Gasteiger partial charge in [0.25, 0.3) is 5.91 Å². The topological polar surface area (TPSA) is 227 Å². The van der Waals surface area contributed by atoms with Crippen molar-refractivity contribution < 1.29 is 34.8 Å². The van der Waals surface area contributed by atoms with Crippen LogP contribution in [0.5, 0.6) is 11.5 Å². The third-order valence-corrected chi connectivity index (χ3v) is 6.57. The fraction of sp³-hybridized carbons (Fsp3) is 0.200. The Morgan fingerprint density at radius 1 is 0.933 bits per heavy atom. The number of carboxylic acid groups (broad SMARTS) is 2. The number of nitrogens with zero attached hydrogens (tertiary/aromatic N) is 6. The number of hydrogen-bond acceptors (Lipinski definition) is 11. The molecule has 2 aromatic carbocycles. The Kier molecular flexibility index (Phi) is 9.83. The summed E-state index contributed by atoms with van der Waals surface area (Å²) in [5.41, 5.74) is 8.73. The summed E-state index contributed by atoms with van der Waals surface area (Å²) >= 11 is 0. The van der Waals surface area contributed by atoms with Gasteiger partial charge in [0.15, 0.2) is 0 Å². The molecule has 0 radical (unpaired) electrons. The zero-order chi connectivity index (χ0) is 32.7. The van der Waals surface area contributed by atoms with Gasteiger partial charge in [-0.3, -0.25) is 4.79 Å². The number of aromatic hydroxyl groups is 2. The van der Waals surface area contributed by atoms with Gasteiger partial charge in [-0.2, -0.15) is 5.11 Å². The number of phenols is 2. The average molecular weight is 615 g/mol. The molecule has 0 spiro atoms. The molecule has 0 unspecified atom stereocenters. The molecule has 4 aromatic rings. The number of aromatic carboxylic acids is 2. The third kappa shape index (κ3) is 7.27. The predicted molar refractivity (Wildman–Crippen MR) is 162 cm³/mol. The smallest absolute Gasteiger partial charge is 0.339 e. The van der Waals surface area contributed by atoms with Crippen molar-refractivity contribution in [3.05, 3.63) is 83.3 Å². The summed E-state index contributed by atoms with van der Waals surface area (Å²) in [6.45, 7) is 4.97. The molecule has 232 valence electrons. The van der Waals surface area contributed by atoms with Crippen LogP contribution in [0.3, 0.4) is 0 Å². The van der Waals surface area contributed by atoms with Gasteiger partial charge in [0.1, 0.15) is 34.0 Å². The van der Waals surface area contributed by atoms with Gasteiger partial charge in [0.2, 0.25) is 0 Å². The number of aromatic nitrogens is 4. The van der Waals surface area contributed by atoms with Crippen molar-refractivity contribution >= 4 is 29.2 Å². The molecule has 0 saturated heterocycles. The number of hydrogen-bond donors (Lipinski definition) is 6. The second kappa shape index (κ2) is 13.9. The van der Waals surface area contributed by atoms with E-state index in [-0.39, 0.29) is 45.4 Å². The molecule has 15 nitrogen and oxygen atoms in total. The number of carbonyl (C=O) groups is 3. The van der Waals surface area contributed by atoms with Crippen LogP contribution < -0.4 is 5.32 Å². The van der Waals surface area contributed by atoms with E-state index in [1.165, 1.54) is 59.5 Å². The van der Waals surface area contributed by atoms with Crippen LogP contribution in [0.4, 0.5) is 5.69 Å². The molecule has 0 aliphatic carbocycles. The monoisotopic (exact) mass is 614 g/mol.